The van der Waals surface area contributed by atoms with Gasteiger partial charge in [-0.25, -0.2) is 16.8 Å². The summed E-state index contributed by atoms with van der Waals surface area (Å²) >= 11 is 0. The third kappa shape index (κ3) is 4.70. The molecule has 0 spiro atoms. The van der Waals surface area contributed by atoms with Crippen LogP contribution in [0.3, 0.4) is 0 Å². The predicted molar refractivity (Wildman–Crippen MR) is 110 cm³/mol. The van der Waals surface area contributed by atoms with E-state index in [1.807, 2.05) is 0 Å². The first-order valence-electron chi connectivity index (χ1n) is 8.71. The van der Waals surface area contributed by atoms with E-state index in [2.05, 4.69) is 5.32 Å². The molecule has 0 unspecified atom stereocenters. The molecular weight excluding hydrogens is 460 g/mol. The second-order valence-electron chi connectivity index (χ2n) is 6.37. The molecule has 3 aromatic rings. The fraction of sp³-hybridized carbons (Fsp3) is 0.200. The minimum atomic E-state index is -4.72. The minimum absolute atomic E-state index is 0. The maximum atomic E-state index is 14.5. The van der Waals surface area contributed by atoms with E-state index in [9.17, 15) is 26.0 Å². The maximum Gasteiger partial charge on any atom is 0.416 e. The zero-order valence-electron chi connectivity index (χ0n) is 16.4. The summed E-state index contributed by atoms with van der Waals surface area (Å²) in [5.74, 6) is -0.601. The van der Waals surface area contributed by atoms with Crippen molar-refractivity contribution in [1.29, 1.82) is 0 Å². The number of alkyl halides is 3. The summed E-state index contributed by atoms with van der Waals surface area (Å²) in [6.07, 6.45) is -3.50. The largest absolute Gasteiger partial charge is 0.494 e. The van der Waals surface area contributed by atoms with E-state index in [-0.39, 0.29) is 36.0 Å². The molecule has 0 radical (unpaired) electrons. The number of halogens is 5. The van der Waals surface area contributed by atoms with E-state index < -0.39 is 32.5 Å². The molecule has 5 nitrogen and oxygen atoms in total. The monoisotopic (exact) mass is 478 g/mol. The molecule has 0 aliphatic carbocycles. The van der Waals surface area contributed by atoms with Crippen LogP contribution in [0, 0.1) is 5.82 Å². The number of rotatable bonds is 6. The molecule has 11 heteroatoms. The van der Waals surface area contributed by atoms with Crippen molar-refractivity contribution < 1.29 is 30.7 Å². The van der Waals surface area contributed by atoms with Crippen LogP contribution in [0.5, 0.6) is 5.75 Å². The molecule has 0 amide bonds. The number of methoxy groups -OCH3 is 1. The Labute approximate surface area is 183 Å². The zero-order valence-corrected chi connectivity index (χ0v) is 18.0. The Balaban J connectivity index is 0.00000341. The van der Waals surface area contributed by atoms with Crippen molar-refractivity contribution in [2.45, 2.75) is 17.6 Å². The molecule has 2 aromatic carbocycles. The molecule has 1 aromatic heterocycles. The lowest BCUT2D eigenvalue weighted by Crippen LogP contribution is -2.15. The van der Waals surface area contributed by atoms with Crippen LogP contribution in [0.4, 0.5) is 17.6 Å². The summed E-state index contributed by atoms with van der Waals surface area (Å²) in [7, 11) is -1.57. The number of hydrogen-bond donors (Lipinski definition) is 1. The molecule has 0 aliphatic rings. The molecular formula is C20H19ClF4N2O3S. The van der Waals surface area contributed by atoms with Crippen LogP contribution in [0.2, 0.25) is 0 Å². The van der Waals surface area contributed by atoms with Crippen molar-refractivity contribution in [2.24, 2.45) is 0 Å². The molecule has 1 N–H and O–H groups in total. The summed E-state index contributed by atoms with van der Waals surface area (Å²) in [4.78, 5) is -0.580. The van der Waals surface area contributed by atoms with Gasteiger partial charge in [0.1, 0.15) is 17.3 Å². The summed E-state index contributed by atoms with van der Waals surface area (Å²) in [5, 5.41) is 2.85. The van der Waals surface area contributed by atoms with Crippen LogP contribution in [0.1, 0.15) is 11.1 Å². The second kappa shape index (κ2) is 9.29. The van der Waals surface area contributed by atoms with Gasteiger partial charge in [-0.15, -0.1) is 12.4 Å². The topological polar surface area (TPSA) is 60.3 Å². The van der Waals surface area contributed by atoms with E-state index in [4.69, 9.17) is 4.74 Å². The van der Waals surface area contributed by atoms with Gasteiger partial charge in [0, 0.05) is 23.9 Å². The number of ether oxygens (including phenoxy) is 1. The van der Waals surface area contributed by atoms with Gasteiger partial charge in [-0.05, 0) is 37.4 Å². The minimum Gasteiger partial charge on any atom is -0.494 e. The zero-order chi connectivity index (χ0) is 22.1. The van der Waals surface area contributed by atoms with E-state index in [1.165, 1.54) is 31.5 Å². The number of hydrogen-bond acceptors (Lipinski definition) is 4. The van der Waals surface area contributed by atoms with Gasteiger partial charge in [0.2, 0.25) is 0 Å². The molecule has 0 bridgehead atoms. The lowest BCUT2D eigenvalue weighted by atomic mass is 10.1. The predicted octanol–water partition coefficient (Wildman–Crippen LogP) is 4.70. The lowest BCUT2D eigenvalue weighted by Gasteiger charge is -2.14. The number of aromatic nitrogens is 1. The Morgan fingerprint density at radius 3 is 2.35 bits per heavy atom. The number of nitrogens with one attached hydrogen (secondary N) is 1. The molecule has 0 saturated carbocycles. The van der Waals surface area contributed by atoms with Crippen LogP contribution < -0.4 is 10.1 Å². The first-order chi connectivity index (χ1) is 14.1. The van der Waals surface area contributed by atoms with Crippen molar-refractivity contribution in [3.05, 3.63) is 71.7 Å². The van der Waals surface area contributed by atoms with E-state index in [0.29, 0.717) is 11.6 Å². The van der Waals surface area contributed by atoms with E-state index >= 15 is 0 Å². The maximum absolute atomic E-state index is 14.5. The van der Waals surface area contributed by atoms with E-state index in [1.54, 1.807) is 7.05 Å². The second-order valence-corrected chi connectivity index (χ2v) is 8.19. The molecule has 0 aliphatic heterocycles. The quantitative estimate of drug-likeness (QED) is 0.522. The van der Waals surface area contributed by atoms with Gasteiger partial charge in [0.15, 0.2) is 0 Å². The standard InChI is InChI=1S/C20H18F4N2O3S.ClH/c1-25-11-13-12-26(18(19(13)29-2)16-8-3-4-9-17(16)21)30(27,28)15-7-5-6-14(10-15)20(22,23)24;/h3-10,12,25H,11H2,1-2H3;1H. The van der Waals surface area contributed by atoms with Crippen LogP contribution in [0.25, 0.3) is 11.3 Å². The molecule has 0 saturated heterocycles. The summed E-state index contributed by atoms with van der Waals surface area (Å²) in [6.45, 7) is 0.190. The Bertz CT molecular complexity index is 1180. The first-order valence-corrected chi connectivity index (χ1v) is 10.2. The fourth-order valence-corrected chi connectivity index (χ4v) is 4.53. The average Bonchev–Trinajstić information content (AvgIpc) is 3.07. The highest BCUT2D eigenvalue weighted by atomic mass is 35.5. The van der Waals surface area contributed by atoms with Crippen molar-refractivity contribution in [1.82, 2.24) is 9.29 Å². The van der Waals surface area contributed by atoms with Gasteiger partial charge < -0.3 is 10.1 Å². The number of benzene rings is 2. The van der Waals surface area contributed by atoms with Gasteiger partial charge in [-0.1, -0.05) is 18.2 Å². The van der Waals surface area contributed by atoms with Gasteiger partial charge in [-0.2, -0.15) is 13.2 Å². The van der Waals surface area contributed by atoms with Crippen molar-refractivity contribution in [3.63, 3.8) is 0 Å². The van der Waals surface area contributed by atoms with Gasteiger partial charge >= 0.3 is 6.18 Å². The third-order valence-electron chi connectivity index (χ3n) is 4.42. The summed E-state index contributed by atoms with van der Waals surface area (Å²) in [6, 6.07) is 8.87. The van der Waals surface area contributed by atoms with Crippen molar-refractivity contribution >= 4 is 22.4 Å². The van der Waals surface area contributed by atoms with Crippen LogP contribution >= 0.6 is 12.4 Å². The molecule has 0 fully saturated rings. The highest BCUT2D eigenvalue weighted by Crippen LogP contribution is 2.39. The highest BCUT2D eigenvalue weighted by Gasteiger charge is 2.33. The van der Waals surface area contributed by atoms with Crippen molar-refractivity contribution in [3.8, 4) is 17.0 Å². The first kappa shape index (κ1) is 24.7. The van der Waals surface area contributed by atoms with Gasteiger partial charge in [-0.3, -0.25) is 0 Å². The molecule has 168 valence electrons. The molecule has 0 atom stereocenters. The van der Waals surface area contributed by atoms with Gasteiger partial charge in [0.25, 0.3) is 10.0 Å². The normalized spacial score (nSPS) is 11.8. The van der Waals surface area contributed by atoms with Crippen molar-refractivity contribution in [2.75, 3.05) is 14.2 Å². The SMILES string of the molecule is CNCc1cn(S(=O)(=O)c2cccc(C(F)(F)F)c2)c(-c2ccccc2F)c1OC.Cl. The fourth-order valence-electron chi connectivity index (χ4n) is 3.09. The lowest BCUT2D eigenvalue weighted by molar-refractivity contribution is -0.137. The Morgan fingerprint density at radius 1 is 1.10 bits per heavy atom. The number of nitrogens with zero attached hydrogens (tertiary/aromatic N) is 1. The van der Waals surface area contributed by atoms with Crippen LogP contribution in [0.15, 0.2) is 59.6 Å². The highest BCUT2D eigenvalue weighted by molar-refractivity contribution is 7.90. The molecule has 1 heterocycles. The smallest absolute Gasteiger partial charge is 0.416 e. The van der Waals surface area contributed by atoms with Crippen LogP contribution in [-0.4, -0.2) is 26.5 Å². The Kier molecular flexibility index (Phi) is 7.40. The van der Waals surface area contributed by atoms with E-state index in [0.717, 1.165) is 28.2 Å². The average molecular weight is 479 g/mol. The Hall–Kier alpha value is -2.56. The third-order valence-corrected chi connectivity index (χ3v) is 6.07. The van der Waals surface area contributed by atoms with Gasteiger partial charge in [0.05, 0.1) is 17.6 Å². The Morgan fingerprint density at radius 2 is 1.77 bits per heavy atom. The summed E-state index contributed by atoms with van der Waals surface area (Å²) < 4.78 is 86.6. The summed E-state index contributed by atoms with van der Waals surface area (Å²) in [5.41, 5.74) is -0.884. The molecule has 31 heavy (non-hydrogen) atoms. The molecule has 3 rings (SSSR count). The van der Waals surface area contributed by atoms with Crippen LogP contribution in [-0.2, 0) is 22.7 Å².